The van der Waals surface area contributed by atoms with Crippen molar-refractivity contribution in [3.63, 3.8) is 0 Å². The Hall–Kier alpha value is -2.79. The molecule has 5 nitrogen and oxygen atoms in total. The number of piperidine rings is 1. The number of carboxylic acids is 1. The van der Waals surface area contributed by atoms with Gasteiger partial charge >= 0.3 is 5.97 Å². The van der Waals surface area contributed by atoms with E-state index in [1.807, 2.05) is 29.2 Å². The highest BCUT2D eigenvalue weighted by atomic mass is 16.5. The fraction of sp³-hybridized carbons (Fsp3) is 0.286. The summed E-state index contributed by atoms with van der Waals surface area (Å²) in [6, 6.07) is 15.3. The normalized spacial score (nSPS) is 18.7. The van der Waals surface area contributed by atoms with E-state index >= 15 is 0 Å². The van der Waals surface area contributed by atoms with Crippen LogP contribution < -0.4 is 4.74 Å². The van der Waals surface area contributed by atoms with Crippen molar-refractivity contribution in [2.45, 2.75) is 18.4 Å². The molecule has 2 N–H and O–H groups in total. The molecule has 0 saturated carbocycles. The first-order chi connectivity index (χ1) is 12.5. The standard InChI is InChI=1S/C21H21NO4/c23-16-6-7-19-17(12-16)18(15-4-2-1-3-5-15)13-21(26-19)8-10-22(11-9-21)14-20(24)25/h1-7,12-13,23H,8-11,14H2,(H,24,25). The zero-order valence-corrected chi connectivity index (χ0v) is 14.4. The Morgan fingerprint density at radius 1 is 1.12 bits per heavy atom. The van der Waals surface area contributed by atoms with Gasteiger partial charge in [0.05, 0.1) is 6.54 Å². The van der Waals surface area contributed by atoms with E-state index in [4.69, 9.17) is 9.84 Å². The minimum Gasteiger partial charge on any atom is -0.508 e. The number of phenolic OH excluding ortho intramolecular Hbond substituents is 1. The van der Waals surface area contributed by atoms with Crippen molar-refractivity contribution in [3.8, 4) is 11.5 Å². The summed E-state index contributed by atoms with van der Waals surface area (Å²) in [5, 5.41) is 18.9. The first kappa shape index (κ1) is 16.7. The van der Waals surface area contributed by atoms with Crippen molar-refractivity contribution >= 4 is 11.5 Å². The Bertz CT molecular complexity index is 852. The Morgan fingerprint density at radius 2 is 1.85 bits per heavy atom. The molecule has 1 spiro atoms. The predicted molar refractivity (Wildman–Crippen MR) is 98.3 cm³/mol. The molecule has 0 radical (unpaired) electrons. The third-order valence-corrected chi connectivity index (χ3v) is 5.12. The fourth-order valence-corrected chi connectivity index (χ4v) is 3.79. The van der Waals surface area contributed by atoms with Crippen molar-refractivity contribution in [1.82, 2.24) is 4.90 Å². The minimum absolute atomic E-state index is 0.0653. The monoisotopic (exact) mass is 351 g/mol. The molecule has 2 aromatic rings. The number of carbonyl (C=O) groups is 1. The Kier molecular flexibility index (Phi) is 4.17. The Morgan fingerprint density at radius 3 is 2.54 bits per heavy atom. The number of likely N-dealkylation sites (tertiary alicyclic amines) is 1. The largest absolute Gasteiger partial charge is 0.508 e. The van der Waals surface area contributed by atoms with Gasteiger partial charge in [-0.2, -0.15) is 0 Å². The maximum Gasteiger partial charge on any atom is 0.317 e. The maximum absolute atomic E-state index is 11.0. The summed E-state index contributed by atoms with van der Waals surface area (Å²) in [6.07, 6.45) is 3.62. The van der Waals surface area contributed by atoms with Crippen molar-refractivity contribution in [2.75, 3.05) is 19.6 Å². The average molecular weight is 351 g/mol. The van der Waals surface area contributed by atoms with Crippen LogP contribution in [0.5, 0.6) is 11.5 Å². The van der Waals surface area contributed by atoms with Gasteiger partial charge in [-0.1, -0.05) is 30.3 Å². The lowest BCUT2D eigenvalue weighted by Crippen LogP contribution is -2.49. The molecule has 2 aliphatic rings. The van der Waals surface area contributed by atoms with E-state index in [2.05, 4.69) is 18.2 Å². The summed E-state index contributed by atoms with van der Waals surface area (Å²) >= 11 is 0. The van der Waals surface area contributed by atoms with Crippen molar-refractivity contribution in [3.05, 3.63) is 65.7 Å². The lowest BCUT2D eigenvalue weighted by atomic mass is 9.83. The Labute approximate surface area is 152 Å². The van der Waals surface area contributed by atoms with E-state index in [-0.39, 0.29) is 12.3 Å². The summed E-state index contributed by atoms with van der Waals surface area (Å²) < 4.78 is 6.36. The molecular weight excluding hydrogens is 330 g/mol. The summed E-state index contributed by atoms with van der Waals surface area (Å²) in [7, 11) is 0. The van der Waals surface area contributed by atoms with E-state index in [0.717, 1.165) is 35.3 Å². The van der Waals surface area contributed by atoms with Gasteiger partial charge in [-0.3, -0.25) is 9.69 Å². The summed E-state index contributed by atoms with van der Waals surface area (Å²) in [5.74, 6) is 0.170. The molecule has 1 fully saturated rings. The first-order valence-electron chi connectivity index (χ1n) is 8.79. The zero-order valence-electron chi connectivity index (χ0n) is 14.4. The van der Waals surface area contributed by atoms with Crippen molar-refractivity contribution < 1.29 is 19.7 Å². The van der Waals surface area contributed by atoms with Gasteiger partial charge in [-0.15, -0.1) is 0 Å². The topological polar surface area (TPSA) is 70.0 Å². The molecule has 4 rings (SSSR count). The fourth-order valence-electron chi connectivity index (χ4n) is 3.79. The number of hydrogen-bond donors (Lipinski definition) is 2. The number of aliphatic carboxylic acids is 1. The molecule has 0 atom stereocenters. The lowest BCUT2D eigenvalue weighted by molar-refractivity contribution is -0.139. The van der Waals surface area contributed by atoms with Crippen LogP contribution in [0, 0.1) is 0 Å². The van der Waals surface area contributed by atoms with Gasteiger partial charge < -0.3 is 14.9 Å². The summed E-state index contributed by atoms with van der Waals surface area (Å²) in [5.41, 5.74) is 2.57. The van der Waals surface area contributed by atoms with Gasteiger partial charge in [0.15, 0.2) is 0 Å². The van der Waals surface area contributed by atoms with Gasteiger partial charge in [-0.25, -0.2) is 0 Å². The quantitative estimate of drug-likeness (QED) is 0.889. The highest BCUT2D eigenvalue weighted by molar-refractivity contribution is 5.85. The number of phenols is 1. The van der Waals surface area contributed by atoms with E-state index in [1.54, 1.807) is 12.1 Å². The number of ether oxygens (including phenoxy) is 1. The first-order valence-corrected chi connectivity index (χ1v) is 8.79. The molecule has 2 heterocycles. The number of benzene rings is 2. The zero-order chi connectivity index (χ0) is 18.1. The van der Waals surface area contributed by atoms with E-state index in [9.17, 15) is 9.90 Å². The average Bonchev–Trinajstić information content (AvgIpc) is 2.64. The molecule has 0 aliphatic carbocycles. The van der Waals surface area contributed by atoms with E-state index < -0.39 is 11.6 Å². The third kappa shape index (κ3) is 3.18. The summed E-state index contributed by atoms with van der Waals surface area (Å²) in [4.78, 5) is 12.9. The van der Waals surface area contributed by atoms with E-state index in [1.165, 1.54) is 0 Å². The molecule has 2 aliphatic heterocycles. The number of nitrogens with zero attached hydrogens (tertiary/aromatic N) is 1. The molecular formula is C21H21NO4. The third-order valence-electron chi connectivity index (χ3n) is 5.12. The van der Waals surface area contributed by atoms with Crippen LogP contribution in [-0.4, -0.2) is 46.3 Å². The van der Waals surface area contributed by atoms with Crippen LogP contribution in [0.25, 0.3) is 5.57 Å². The van der Waals surface area contributed by atoms with Gasteiger partial charge in [0.25, 0.3) is 0 Å². The van der Waals surface area contributed by atoms with Crippen molar-refractivity contribution in [2.24, 2.45) is 0 Å². The SMILES string of the molecule is O=C(O)CN1CCC2(C=C(c3ccccc3)c3cc(O)ccc3O2)CC1. The van der Waals surface area contributed by atoms with Crippen LogP contribution in [-0.2, 0) is 4.79 Å². The van der Waals surface area contributed by atoms with Crippen molar-refractivity contribution in [1.29, 1.82) is 0 Å². The maximum atomic E-state index is 11.0. The molecule has 0 unspecified atom stereocenters. The number of fused-ring (bicyclic) bond motifs is 1. The van der Waals surface area contributed by atoms with Crippen LogP contribution in [0.1, 0.15) is 24.0 Å². The van der Waals surface area contributed by atoms with Gasteiger partial charge in [-0.05, 0) is 35.4 Å². The molecule has 0 bridgehead atoms. The number of aromatic hydroxyl groups is 1. The molecule has 5 heteroatoms. The second-order valence-corrected chi connectivity index (χ2v) is 6.94. The van der Waals surface area contributed by atoms with Crippen LogP contribution in [0.3, 0.4) is 0 Å². The highest BCUT2D eigenvalue weighted by Crippen LogP contribution is 2.44. The van der Waals surface area contributed by atoms with Gasteiger partial charge in [0.2, 0.25) is 0 Å². The van der Waals surface area contributed by atoms with E-state index in [0.29, 0.717) is 13.1 Å². The molecule has 134 valence electrons. The molecule has 2 aromatic carbocycles. The second kappa shape index (κ2) is 6.50. The van der Waals surface area contributed by atoms with Crippen LogP contribution in [0.2, 0.25) is 0 Å². The second-order valence-electron chi connectivity index (χ2n) is 6.94. The Balaban J connectivity index is 1.70. The highest BCUT2D eigenvalue weighted by Gasteiger charge is 2.39. The predicted octanol–water partition coefficient (Wildman–Crippen LogP) is 3.14. The van der Waals surface area contributed by atoms with Gasteiger partial charge in [0.1, 0.15) is 17.1 Å². The van der Waals surface area contributed by atoms with Crippen LogP contribution in [0.15, 0.2) is 54.6 Å². The number of hydrogen-bond acceptors (Lipinski definition) is 4. The van der Waals surface area contributed by atoms with Crippen LogP contribution >= 0.6 is 0 Å². The minimum atomic E-state index is -0.799. The van der Waals surface area contributed by atoms with Gasteiger partial charge in [0, 0.05) is 31.5 Å². The number of rotatable bonds is 3. The molecule has 0 aromatic heterocycles. The summed E-state index contributed by atoms with van der Waals surface area (Å²) in [6.45, 7) is 1.42. The molecule has 26 heavy (non-hydrogen) atoms. The van der Waals surface area contributed by atoms with Crippen LogP contribution in [0.4, 0.5) is 0 Å². The number of carboxylic acid groups (broad SMARTS) is 1. The lowest BCUT2D eigenvalue weighted by Gasteiger charge is -2.42. The molecule has 1 saturated heterocycles. The molecule has 0 amide bonds. The smallest absolute Gasteiger partial charge is 0.317 e.